The number of esters is 1. The molecule has 3 saturated heterocycles. The summed E-state index contributed by atoms with van der Waals surface area (Å²) < 4.78 is 111. The van der Waals surface area contributed by atoms with E-state index in [4.69, 9.17) is 23.7 Å². The number of halogens is 4. The second kappa shape index (κ2) is 24.2. The third kappa shape index (κ3) is 14.0. The van der Waals surface area contributed by atoms with Crippen LogP contribution in [0.25, 0.3) is 0 Å². The molecule has 0 saturated carbocycles. The highest BCUT2D eigenvalue weighted by molar-refractivity contribution is 7.92. The Balaban J connectivity index is 1.40. The average molecular weight is 1070 g/mol. The lowest BCUT2D eigenvalue weighted by atomic mass is 9.68. The van der Waals surface area contributed by atoms with E-state index < -0.39 is 122 Å². The van der Waals surface area contributed by atoms with Gasteiger partial charge in [-0.25, -0.2) is 17.5 Å². The third-order valence-electron chi connectivity index (χ3n) is 16.2. The second-order valence-corrected chi connectivity index (χ2v) is 24.1. The number of ether oxygens (including phenoxy) is 5. The highest BCUT2D eigenvalue weighted by atomic mass is 32.2. The van der Waals surface area contributed by atoms with Crippen LogP contribution in [-0.4, -0.2) is 184 Å². The smallest absolute Gasteiger partial charge is 0.459 e. The molecule has 4 heterocycles. The van der Waals surface area contributed by atoms with Gasteiger partial charge in [0.25, 0.3) is 9.84 Å². The Hall–Kier alpha value is -2.90. The Bertz CT molecular complexity index is 2210. The Morgan fingerprint density at radius 2 is 1.63 bits per heavy atom. The van der Waals surface area contributed by atoms with Crippen molar-refractivity contribution in [2.24, 2.45) is 23.7 Å². The minimum absolute atomic E-state index is 0.0213. The Morgan fingerprint density at radius 3 is 2.22 bits per heavy atom. The summed E-state index contributed by atoms with van der Waals surface area (Å²) in [7, 11) is -0.210. The summed E-state index contributed by atoms with van der Waals surface area (Å²) >= 11 is 0. The molecule has 2 aromatic rings. The maximum atomic E-state index is 14.6. The summed E-state index contributed by atoms with van der Waals surface area (Å²) in [5.41, 5.74) is -8.91. The molecule has 3 unspecified atom stereocenters. The molecule has 3 aliphatic rings. The molecule has 0 spiro atoms. The molecule has 0 radical (unpaired) electrons. The van der Waals surface area contributed by atoms with Crippen LogP contribution in [0.3, 0.4) is 0 Å². The van der Waals surface area contributed by atoms with Crippen LogP contribution >= 0.6 is 0 Å². The third-order valence-corrected chi connectivity index (χ3v) is 17.7. The highest BCUT2D eigenvalue weighted by Gasteiger charge is 2.55. The summed E-state index contributed by atoms with van der Waals surface area (Å²) in [6.45, 7) is 18.0. The number of aromatic nitrogens is 3. The Labute approximate surface area is 429 Å². The molecule has 3 aliphatic heterocycles. The number of carbonyl (C=O) groups excluding carboxylic acids is 1. The Kier molecular flexibility index (Phi) is 20.2. The molecule has 4 N–H and O–H groups in total. The lowest BCUT2D eigenvalue weighted by molar-refractivity contribution is -0.275. The number of hydrogen-bond donors (Lipinski definition) is 4. The molecular formula is C51H83F4N5O12S. The predicted molar refractivity (Wildman–Crippen MR) is 262 cm³/mol. The van der Waals surface area contributed by atoms with E-state index in [1.807, 2.05) is 39.8 Å². The largest absolute Gasteiger partial charge is 0.501 e. The summed E-state index contributed by atoms with van der Waals surface area (Å²) in [6, 6.07) is 2.64. The zero-order chi connectivity index (χ0) is 54.8. The summed E-state index contributed by atoms with van der Waals surface area (Å²) in [4.78, 5) is 17.8. The van der Waals surface area contributed by atoms with E-state index in [-0.39, 0.29) is 43.7 Å². The lowest BCUT2D eigenvalue weighted by Crippen LogP contribution is -2.61. The molecule has 1 aromatic carbocycles. The van der Waals surface area contributed by atoms with Crippen molar-refractivity contribution in [2.45, 2.75) is 209 Å². The topological polar surface area (TPSA) is 215 Å². The van der Waals surface area contributed by atoms with Gasteiger partial charge in [-0.05, 0) is 111 Å². The van der Waals surface area contributed by atoms with E-state index >= 15 is 0 Å². The lowest BCUT2D eigenvalue weighted by Gasteiger charge is -2.51. The number of likely N-dealkylation sites (N-methyl/N-ethyl adjacent to an activating group) is 2. The van der Waals surface area contributed by atoms with Crippen LogP contribution in [0.15, 0.2) is 35.4 Å². The van der Waals surface area contributed by atoms with E-state index in [9.17, 15) is 51.2 Å². The van der Waals surface area contributed by atoms with Gasteiger partial charge < -0.3 is 53.9 Å². The standard InChI is InChI=1S/C51H83F4N5O12S/c1-14-41-50(10,65)44(61)33(6)59(12)27-29(2)24-48(8,64)46(31(4)43(32(5)47(63)71-41)40-25-49(9,68-13)45(62)34(7)70-40)72-42-23-37(21-30(3)69-42)58(11)20-19-36-28-60(57-56-36)38(26-52)22-35-15-17-39(18-16-35)73(66,67)51(53,54)55/h15-18,28-34,37-38,40-46,61-62,64-65H,14,19-27H2,1-13H3/t29-,30-,31+,32-,33-,34+,37+,38?,40?,41-,42+,43?,44-,45+,46-,48-,49-,50-/m1/s1. The van der Waals surface area contributed by atoms with Crippen LogP contribution in [-0.2, 0) is 51.2 Å². The van der Waals surface area contributed by atoms with Crippen molar-refractivity contribution in [3.8, 4) is 0 Å². The van der Waals surface area contributed by atoms with Crippen molar-refractivity contribution >= 4 is 15.8 Å². The van der Waals surface area contributed by atoms with Gasteiger partial charge in [-0.2, -0.15) is 13.2 Å². The van der Waals surface area contributed by atoms with Gasteiger partial charge in [0.05, 0.1) is 58.2 Å². The van der Waals surface area contributed by atoms with E-state index in [1.54, 1.807) is 47.7 Å². The number of hydrogen-bond acceptors (Lipinski definition) is 16. The first-order valence-electron chi connectivity index (χ1n) is 25.6. The van der Waals surface area contributed by atoms with Gasteiger partial charge in [0, 0.05) is 63.7 Å². The highest BCUT2D eigenvalue weighted by Crippen LogP contribution is 2.45. The first kappa shape index (κ1) is 61.0. The van der Waals surface area contributed by atoms with Crippen molar-refractivity contribution in [3.05, 3.63) is 41.7 Å². The molecule has 0 amide bonds. The molecular weight excluding hydrogens is 983 g/mol. The second-order valence-electron chi connectivity index (χ2n) is 22.2. The van der Waals surface area contributed by atoms with Gasteiger partial charge in [-0.15, -0.1) is 5.10 Å². The number of rotatable bonds is 14. The minimum atomic E-state index is -5.53. The SMILES string of the molecule is CC[C@H]1OC(=O)[C@H](C)C(C2C[C@@](C)(OC)[C@@H](O)[C@H](C)O2)[C@H](C)[C@@H](O[C@H]2C[C@@H](N(C)CCc3cn(C(CF)Cc4ccc(S(=O)(=O)C(F)(F)F)cc4)nn3)C[C@@H](C)O2)[C@](C)(O)C[C@@H](C)CN(C)[C@H](C)[C@@H](O)[C@]1(C)O. The van der Waals surface area contributed by atoms with Crippen LogP contribution in [0, 0.1) is 23.7 Å². The summed E-state index contributed by atoms with van der Waals surface area (Å²) in [5.74, 6) is -3.07. The predicted octanol–water partition coefficient (Wildman–Crippen LogP) is 5.45. The van der Waals surface area contributed by atoms with Crippen LogP contribution in [0.4, 0.5) is 17.6 Å². The fraction of sp³-hybridized carbons (Fsp3) is 0.824. The van der Waals surface area contributed by atoms with Gasteiger partial charge in [-0.1, -0.05) is 45.0 Å². The van der Waals surface area contributed by atoms with Crippen molar-refractivity contribution in [1.29, 1.82) is 0 Å². The first-order valence-corrected chi connectivity index (χ1v) is 27.1. The molecule has 418 valence electrons. The number of aliphatic hydroxyl groups excluding tert-OH is 2. The zero-order valence-electron chi connectivity index (χ0n) is 44.8. The molecule has 73 heavy (non-hydrogen) atoms. The molecule has 18 atom stereocenters. The quantitative estimate of drug-likeness (QED) is 0.137. The molecule has 3 fully saturated rings. The van der Waals surface area contributed by atoms with Crippen molar-refractivity contribution in [1.82, 2.24) is 24.8 Å². The van der Waals surface area contributed by atoms with Gasteiger partial charge in [-0.3, -0.25) is 4.79 Å². The zero-order valence-corrected chi connectivity index (χ0v) is 45.6. The first-order chi connectivity index (χ1) is 33.8. The number of aliphatic hydroxyl groups is 4. The average Bonchev–Trinajstić information content (AvgIpc) is 3.79. The van der Waals surface area contributed by atoms with Gasteiger partial charge in [0.1, 0.15) is 30.6 Å². The van der Waals surface area contributed by atoms with Gasteiger partial charge in [0.15, 0.2) is 6.29 Å². The molecule has 0 bridgehead atoms. The van der Waals surface area contributed by atoms with Gasteiger partial charge in [0.2, 0.25) is 0 Å². The molecule has 0 aliphatic carbocycles. The van der Waals surface area contributed by atoms with Crippen molar-refractivity contribution < 1.29 is 74.9 Å². The number of nitrogens with zero attached hydrogens (tertiary/aromatic N) is 5. The van der Waals surface area contributed by atoms with Crippen molar-refractivity contribution in [3.63, 3.8) is 0 Å². The van der Waals surface area contributed by atoms with Crippen LogP contribution in [0.2, 0.25) is 0 Å². The summed E-state index contributed by atoms with van der Waals surface area (Å²) in [5, 5.41) is 56.1. The number of cyclic esters (lactones) is 1. The van der Waals surface area contributed by atoms with E-state index in [0.717, 1.165) is 12.1 Å². The minimum Gasteiger partial charge on any atom is -0.459 e. The van der Waals surface area contributed by atoms with Gasteiger partial charge >= 0.3 is 11.5 Å². The fourth-order valence-electron chi connectivity index (χ4n) is 11.7. The number of benzene rings is 1. The number of methoxy groups -OCH3 is 1. The molecule has 17 nitrogen and oxygen atoms in total. The van der Waals surface area contributed by atoms with Crippen LogP contribution in [0.5, 0.6) is 0 Å². The summed E-state index contributed by atoms with van der Waals surface area (Å²) in [6.07, 6.45) is -3.14. The fourth-order valence-corrected chi connectivity index (χ4v) is 12.4. The van der Waals surface area contributed by atoms with Crippen molar-refractivity contribution in [2.75, 3.05) is 41.0 Å². The molecule has 5 rings (SSSR count). The maximum absolute atomic E-state index is 14.6. The van der Waals surface area contributed by atoms with E-state index in [2.05, 4.69) is 15.2 Å². The van der Waals surface area contributed by atoms with Crippen LogP contribution in [0.1, 0.15) is 119 Å². The van der Waals surface area contributed by atoms with Crippen LogP contribution < -0.4 is 0 Å². The number of carbonyl (C=O) groups is 1. The number of alkyl halides is 4. The monoisotopic (exact) mass is 1070 g/mol. The normalized spacial score (nSPS) is 38.6. The van der Waals surface area contributed by atoms with E-state index in [1.165, 1.54) is 30.8 Å². The Morgan fingerprint density at radius 1 is 0.986 bits per heavy atom. The van der Waals surface area contributed by atoms with E-state index in [0.29, 0.717) is 43.6 Å². The number of sulfone groups is 1. The molecule has 22 heteroatoms. The molecule has 1 aromatic heterocycles. The maximum Gasteiger partial charge on any atom is 0.501 e.